The van der Waals surface area contributed by atoms with Crippen LogP contribution in [0, 0.1) is 11.8 Å². The van der Waals surface area contributed by atoms with Gasteiger partial charge in [0.15, 0.2) is 5.88 Å². The first kappa shape index (κ1) is 19.7. The number of rotatable bonds is 3. The van der Waals surface area contributed by atoms with Gasteiger partial charge in [-0.1, -0.05) is 23.2 Å². The summed E-state index contributed by atoms with van der Waals surface area (Å²) in [6, 6.07) is 9.75. The van der Waals surface area contributed by atoms with Crippen molar-refractivity contribution in [1.82, 2.24) is 20.2 Å². The fraction of sp³-hybridized carbons (Fsp3) is 0.136. The van der Waals surface area contributed by atoms with E-state index in [-0.39, 0.29) is 17.3 Å². The van der Waals surface area contributed by atoms with Gasteiger partial charge < -0.3 is 24.7 Å². The summed E-state index contributed by atoms with van der Waals surface area (Å²) >= 11 is 1.06. The Labute approximate surface area is 184 Å². The number of carbonyl (C=O) groups is 2. The van der Waals surface area contributed by atoms with Gasteiger partial charge in [-0.05, 0) is 36.4 Å². The molecule has 3 amide bonds. The van der Waals surface area contributed by atoms with E-state index >= 15 is 0 Å². The second kappa shape index (κ2) is 7.18. The number of hydrogen-bond donors (Lipinski definition) is 4. The fourth-order valence-electron chi connectivity index (χ4n) is 3.66. The van der Waals surface area contributed by atoms with E-state index in [1.807, 2.05) is 0 Å². The molecule has 4 N–H and O–H groups in total. The minimum atomic E-state index is -1.59. The molecule has 0 radical (unpaired) electrons. The highest BCUT2D eigenvalue weighted by Gasteiger charge is 2.46. The van der Waals surface area contributed by atoms with Gasteiger partial charge in [-0.3, -0.25) is 14.9 Å². The van der Waals surface area contributed by atoms with E-state index in [1.165, 1.54) is 11.7 Å². The number of hydrogen-bond acceptors (Lipinski definition) is 6. The van der Waals surface area contributed by atoms with Crippen LogP contribution in [0.5, 0.6) is 11.6 Å². The highest BCUT2D eigenvalue weighted by molar-refractivity contribution is 7.16. The molecule has 10 heteroatoms. The zero-order chi connectivity index (χ0) is 22.5. The summed E-state index contributed by atoms with van der Waals surface area (Å²) in [5, 5.41) is 16.8. The van der Waals surface area contributed by atoms with E-state index in [4.69, 9.17) is 4.74 Å². The normalized spacial score (nSPS) is 17.8. The number of aromatic hydroxyl groups is 1. The molecule has 1 fully saturated rings. The molecule has 2 aromatic heterocycles. The van der Waals surface area contributed by atoms with Crippen LogP contribution < -0.4 is 20.2 Å². The summed E-state index contributed by atoms with van der Waals surface area (Å²) in [5.41, 5.74) is -0.312. The molecule has 0 saturated carbocycles. The topological polar surface area (TPSA) is 125 Å². The molecule has 0 spiro atoms. The molecular weight excluding hydrogens is 432 g/mol. The Morgan fingerprint density at radius 3 is 2.78 bits per heavy atom. The van der Waals surface area contributed by atoms with Gasteiger partial charge in [0.25, 0.3) is 5.91 Å². The number of benzene rings is 2. The van der Waals surface area contributed by atoms with Crippen LogP contribution in [-0.4, -0.2) is 39.2 Å². The Hall–Kier alpha value is -4.23. The fourth-order valence-corrected chi connectivity index (χ4v) is 4.44. The number of nitrogens with one attached hydrogen (secondary N) is 3. The minimum Gasteiger partial charge on any atom is -0.497 e. The molecule has 9 nitrogen and oxygen atoms in total. The lowest BCUT2D eigenvalue weighted by Crippen LogP contribution is -2.49. The molecule has 3 heterocycles. The van der Waals surface area contributed by atoms with Crippen molar-refractivity contribution in [2.45, 2.75) is 12.1 Å². The van der Waals surface area contributed by atoms with Gasteiger partial charge >= 0.3 is 10.9 Å². The number of aromatic amines is 1. The number of fused-ring (bicyclic) bond motifs is 2. The maximum atomic E-state index is 12.7. The monoisotopic (exact) mass is 448 g/mol. The molecule has 1 saturated heterocycles. The molecular formula is C22H16N4O5S. The predicted molar refractivity (Wildman–Crippen MR) is 119 cm³/mol. The summed E-state index contributed by atoms with van der Waals surface area (Å²) in [6.07, 6.45) is 1.68. The second-order valence-corrected chi connectivity index (χ2v) is 8.34. The van der Waals surface area contributed by atoms with Crippen LogP contribution in [-0.2, 0) is 11.3 Å². The summed E-state index contributed by atoms with van der Waals surface area (Å²) < 4.78 is 7.40. The Morgan fingerprint density at radius 1 is 1.19 bits per heavy atom. The molecule has 1 aliphatic heterocycles. The quantitative estimate of drug-likeness (QED) is 0.281. The maximum Gasteiger partial charge on any atom is 0.323 e. The lowest BCUT2D eigenvalue weighted by atomic mass is 10.00. The average molecular weight is 448 g/mol. The zero-order valence-electron chi connectivity index (χ0n) is 16.7. The minimum absolute atomic E-state index is 0.0764. The Balaban J connectivity index is 1.56. The SMILES string of the molecule is COc1ccc2cn(C[C@@]3(C#Cc4ccc5[nH]c(=O)sc5c4)NC(=O)NC3=O)c(O)c2c1. The van der Waals surface area contributed by atoms with Crippen LogP contribution >= 0.6 is 11.3 Å². The predicted octanol–water partition coefficient (Wildman–Crippen LogP) is 1.89. The summed E-state index contributed by atoms with van der Waals surface area (Å²) in [5.74, 6) is 5.68. The maximum absolute atomic E-state index is 12.7. The van der Waals surface area contributed by atoms with Gasteiger partial charge in [0.05, 0.1) is 23.9 Å². The smallest absolute Gasteiger partial charge is 0.323 e. The molecule has 1 atom stereocenters. The first-order chi connectivity index (χ1) is 15.4. The number of aromatic nitrogens is 2. The highest BCUT2D eigenvalue weighted by atomic mass is 32.1. The Morgan fingerprint density at radius 2 is 2.03 bits per heavy atom. The third-order valence-electron chi connectivity index (χ3n) is 5.26. The van der Waals surface area contributed by atoms with Crippen molar-refractivity contribution < 1.29 is 19.4 Å². The number of nitrogens with zero attached hydrogens (tertiary/aromatic N) is 1. The van der Waals surface area contributed by atoms with E-state index in [1.54, 1.807) is 42.6 Å². The number of carbonyl (C=O) groups excluding carboxylic acids is 2. The molecule has 32 heavy (non-hydrogen) atoms. The lowest BCUT2D eigenvalue weighted by Gasteiger charge is -2.20. The third kappa shape index (κ3) is 3.25. The van der Waals surface area contributed by atoms with Gasteiger partial charge in [0.1, 0.15) is 5.75 Å². The van der Waals surface area contributed by atoms with E-state index in [0.717, 1.165) is 21.4 Å². The first-order valence-electron chi connectivity index (χ1n) is 9.52. The third-order valence-corrected chi connectivity index (χ3v) is 6.10. The number of ether oxygens (including phenoxy) is 1. The summed E-state index contributed by atoms with van der Waals surface area (Å²) in [4.78, 5) is 38.8. The van der Waals surface area contributed by atoms with Gasteiger partial charge in [-0.25, -0.2) is 4.79 Å². The molecule has 160 valence electrons. The molecule has 5 rings (SSSR count). The van der Waals surface area contributed by atoms with E-state index < -0.39 is 17.5 Å². The van der Waals surface area contributed by atoms with Crippen LogP contribution in [0.25, 0.3) is 21.0 Å². The van der Waals surface area contributed by atoms with Crippen LogP contribution in [0.4, 0.5) is 4.79 Å². The van der Waals surface area contributed by atoms with Crippen molar-refractivity contribution in [3.05, 3.63) is 57.8 Å². The van der Waals surface area contributed by atoms with Crippen LogP contribution in [0.15, 0.2) is 47.4 Å². The van der Waals surface area contributed by atoms with E-state index in [0.29, 0.717) is 22.2 Å². The van der Waals surface area contributed by atoms with Crippen molar-refractivity contribution in [2.75, 3.05) is 7.11 Å². The standard InChI is InChI=1S/C22H16N4O5S/c1-31-14-4-3-13-10-26(18(27)15(13)9-14)11-22(19(28)24-20(29)25-22)7-6-12-2-5-16-17(8-12)32-21(30)23-16/h2-5,8-10,27H,11H2,1H3,(H,23,30)(H2,24,25,28,29)/t22-/m1/s1. The van der Waals surface area contributed by atoms with Crippen molar-refractivity contribution in [1.29, 1.82) is 0 Å². The Kier molecular flexibility index (Phi) is 4.42. The number of methoxy groups -OCH3 is 1. The van der Waals surface area contributed by atoms with Crippen molar-refractivity contribution >= 4 is 44.3 Å². The summed E-state index contributed by atoms with van der Waals surface area (Å²) in [6.45, 7) is -0.111. The Bertz CT molecular complexity index is 1540. The van der Waals surface area contributed by atoms with Gasteiger partial charge in [0.2, 0.25) is 5.54 Å². The van der Waals surface area contributed by atoms with Gasteiger partial charge in [0, 0.05) is 22.5 Å². The highest BCUT2D eigenvalue weighted by Crippen LogP contribution is 2.32. The van der Waals surface area contributed by atoms with Crippen molar-refractivity contribution in [3.63, 3.8) is 0 Å². The van der Waals surface area contributed by atoms with Crippen LogP contribution in [0.1, 0.15) is 5.56 Å². The molecule has 0 unspecified atom stereocenters. The largest absolute Gasteiger partial charge is 0.497 e. The van der Waals surface area contributed by atoms with E-state index in [2.05, 4.69) is 27.5 Å². The van der Waals surface area contributed by atoms with E-state index in [9.17, 15) is 19.5 Å². The molecule has 4 aromatic rings. The number of amides is 3. The number of imide groups is 1. The second-order valence-electron chi connectivity index (χ2n) is 7.32. The van der Waals surface area contributed by atoms with Gasteiger partial charge in [-0.15, -0.1) is 0 Å². The lowest BCUT2D eigenvalue weighted by molar-refractivity contribution is -0.122. The summed E-state index contributed by atoms with van der Waals surface area (Å²) in [7, 11) is 1.53. The number of thiazole rings is 1. The molecule has 0 aliphatic carbocycles. The average Bonchev–Trinajstić information content (AvgIpc) is 3.38. The number of H-pyrrole nitrogens is 1. The van der Waals surface area contributed by atoms with Gasteiger partial charge in [-0.2, -0.15) is 0 Å². The number of urea groups is 1. The molecule has 0 bridgehead atoms. The van der Waals surface area contributed by atoms with Crippen molar-refractivity contribution in [2.24, 2.45) is 0 Å². The first-order valence-corrected chi connectivity index (χ1v) is 10.3. The van der Waals surface area contributed by atoms with Crippen LogP contribution in [0.3, 0.4) is 0 Å². The zero-order valence-corrected chi connectivity index (χ0v) is 17.5. The molecule has 2 aromatic carbocycles. The molecule has 1 aliphatic rings. The van der Waals surface area contributed by atoms with Crippen LogP contribution in [0.2, 0.25) is 0 Å². The van der Waals surface area contributed by atoms with Crippen molar-refractivity contribution in [3.8, 4) is 23.5 Å².